The van der Waals surface area contributed by atoms with Gasteiger partial charge in [-0.2, -0.15) is 0 Å². The molecule has 3 rings (SSSR count). The van der Waals surface area contributed by atoms with Crippen molar-refractivity contribution in [3.05, 3.63) is 47.2 Å². The highest BCUT2D eigenvalue weighted by Gasteiger charge is 2.00. The smallest absolute Gasteiger partial charge is 0.138 e. The molecule has 0 bridgehead atoms. The maximum absolute atomic E-state index is 4.23. The van der Waals surface area contributed by atoms with Gasteiger partial charge in [-0.1, -0.05) is 6.07 Å². The molecule has 5 heteroatoms. The zero-order chi connectivity index (χ0) is 10.8. The first-order chi connectivity index (χ1) is 7.93. The van der Waals surface area contributed by atoms with Crippen molar-refractivity contribution in [1.29, 1.82) is 0 Å². The molecule has 0 aliphatic heterocycles. The van der Waals surface area contributed by atoms with Crippen molar-refractivity contribution in [3.63, 3.8) is 0 Å². The molecule has 0 amide bonds. The number of fused-ring (bicyclic) bond motifs is 1. The van der Waals surface area contributed by atoms with Crippen molar-refractivity contribution < 1.29 is 0 Å². The minimum absolute atomic E-state index is 0.745. The lowest BCUT2D eigenvalue weighted by atomic mass is 10.4. The maximum Gasteiger partial charge on any atom is 0.138 e. The number of nitrogens with one attached hydrogen (secondary N) is 1. The molecule has 3 aromatic heterocycles. The lowest BCUT2D eigenvalue weighted by molar-refractivity contribution is 1.05. The summed E-state index contributed by atoms with van der Waals surface area (Å²) in [7, 11) is 0. The predicted molar refractivity (Wildman–Crippen MR) is 64.6 cm³/mol. The van der Waals surface area contributed by atoms with Crippen molar-refractivity contribution in [2.24, 2.45) is 0 Å². The molecular weight excluding hydrogens is 220 g/mol. The van der Waals surface area contributed by atoms with Crippen LogP contribution in [0.15, 0.2) is 42.2 Å². The van der Waals surface area contributed by atoms with Crippen LogP contribution in [0.1, 0.15) is 5.01 Å². The minimum atomic E-state index is 0.745. The number of hydrogen-bond acceptors (Lipinski definition) is 4. The Bertz CT molecular complexity index is 585. The van der Waals surface area contributed by atoms with Crippen molar-refractivity contribution in [1.82, 2.24) is 14.4 Å². The average molecular weight is 230 g/mol. The van der Waals surface area contributed by atoms with Gasteiger partial charge in [-0.15, -0.1) is 11.3 Å². The van der Waals surface area contributed by atoms with Gasteiger partial charge in [0.1, 0.15) is 16.5 Å². The summed E-state index contributed by atoms with van der Waals surface area (Å²) in [6.45, 7) is 0.745. The fourth-order valence-corrected chi connectivity index (χ4v) is 2.15. The van der Waals surface area contributed by atoms with E-state index in [1.54, 1.807) is 17.5 Å². The third-order valence-corrected chi connectivity index (χ3v) is 3.11. The van der Waals surface area contributed by atoms with Gasteiger partial charge in [0.2, 0.25) is 0 Å². The summed E-state index contributed by atoms with van der Waals surface area (Å²) in [5.74, 6) is 1.03. The number of aromatic nitrogens is 3. The lowest BCUT2D eigenvalue weighted by Gasteiger charge is -2.06. The van der Waals surface area contributed by atoms with E-state index in [1.807, 2.05) is 40.4 Å². The van der Waals surface area contributed by atoms with Gasteiger partial charge in [0, 0.05) is 24.0 Å². The Kier molecular flexibility index (Phi) is 2.30. The molecule has 16 heavy (non-hydrogen) atoms. The van der Waals surface area contributed by atoms with Gasteiger partial charge in [0.25, 0.3) is 0 Å². The lowest BCUT2D eigenvalue weighted by Crippen LogP contribution is -2.03. The Hall–Kier alpha value is -1.88. The molecule has 80 valence electrons. The van der Waals surface area contributed by atoms with Crippen LogP contribution >= 0.6 is 11.3 Å². The Balaban J connectivity index is 1.86. The molecule has 0 saturated carbocycles. The topological polar surface area (TPSA) is 42.2 Å². The first-order valence-corrected chi connectivity index (χ1v) is 5.86. The minimum Gasteiger partial charge on any atom is -0.365 e. The zero-order valence-electron chi connectivity index (χ0n) is 8.50. The van der Waals surface area contributed by atoms with E-state index >= 15 is 0 Å². The summed E-state index contributed by atoms with van der Waals surface area (Å²) in [6.07, 6.45) is 5.56. The predicted octanol–water partition coefficient (Wildman–Crippen LogP) is 2.40. The number of hydrogen-bond donors (Lipinski definition) is 1. The number of rotatable bonds is 3. The molecule has 0 atom stereocenters. The SMILES string of the molecule is c1cc(NCc2nccs2)n2ccnc2c1. The summed E-state index contributed by atoms with van der Waals surface area (Å²) < 4.78 is 2.02. The maximum atomic E-state index is 4.23. The summed E-state index contributed by atoms with van der Waals surface area (Å²) in [6, 6.07) is 6.00. The van der Waals surface area contributed by atoms with E-state index < -0.39 is 0 Å². The molecule has 0 saturated heterocycles. The third-order valence-electron chi connectivity index (χ3n) is 2.33. The molecule has 0 spiro atoms. The second kappa shape index (κ2) is 3.94. The van der Waals surface area contributed by atoms with Crippen LogP contribution in [0, 0.1) is 0 Å². The van der Waals surface area contributed by atoms with Crippen LogP contribution in [0.4, 0.5) is 5.82 Å². The highest BCUT2D eigenvalue weighted by Crippen LogP contribution is 2.13. The van der Waals surface area contributed by atoms with E-state index in [9.17, 15) is 0 Å². The number of anilines is 1. The second-order valence-corrected chi connectivity index (χ2v) is 4.32. The number of imidazole rings is 1. The Labute approximate surface area is 96.6 Å². The fourth-order valence-electron chi connectivity index (χ4n) is 1.60. The van der Waals surface area contributed by atoms with Crippen LogP contribution < -0.4 is 5.32 Å². The summed E-state index contributed by atoms with van der Waals surface area (Å²) >= 11 is 1.65. The highest BCUT2D eigenvalue weighted by atomic mass is 32.1. The van der Waals surface area contributed by atoms with Crippen LogP contribution in [0.2, 0.25) is 0 Å². The van der Waals surface area contributed by atoms with Gasteiger partial charge < -0.3 is 5.32 Å². The molecule has 0 aliphatic rings. The van der Waals surface area contributed by atoms with E-state index in [1.165, 1.54) is 0 Å². The quantitative estimate of drug-likeness (QED) is 0.751. The zero-order valence-corrected chi connectivity index (χ0v) is 9.31. The second-order valence-electron chi connectivity index (χ2n) is 3.35. The van der Waals surface area contributed by atoms with Gasteiger partial charge in [0.05, 0.1) is 6.54 Å². The van der Waals surface area contributed by atoms with Crippen molar-refractivity contribution >= 4 is 22.8 Å². The van der Waals surface area contributed by atoms with Crippen LogP contribution in [0.5, 0.6) is 0 Å². The first-order valence-electron chi connectivity index (χ1n) is 4.98. The van der Waals surface area contributed by atoms with E-state index in [0.717, 1.165) is 23.0 Å². The van der Waals surface area contributed by atoms with Gasteiger partial charge in [0.15, 0.2) is 0 Å². The van der Waals surface area contributed by atoms with Crippen LogP contribution in [-0.2, 0) is 6.54 Å². The van der Waals surface area contributed by atoms with Crippen molar-refractivity contribution in [2.75, 3.05) is 5.32 Å². The number of nitrogens with zero attached hydrogens (tertiary/aromatic N) is 3. The molecule has 1 N–H and O–H groups in total. The number of pyridine rings is 1. The summed E-state index contributed by atoms with van der Waals surface area (Å²) in [5.41, 5.74) is 0.948. The molecule has 3 heterocycles. The molecule has 0 radical (unpaired) electrons. The monoisotopic (exact) mass is 230 g/mol. The van der Waals surface area contributed by atoms with Crippen molar-refractivity contribution in [3.8, 4) is 0 Å². The molecular formula is C11H10N4S. The van der Waals surface area contributed by atoms with Gasteiger partial charge in [-0.05, 0) is 12.1 Å². The summed E-state index contributed by atoms with van der Waals surface area (Å²) in [4.78, 5) is 8.46. The molecule has 0 fully saturated rings. The van der Waals surface area contributed by atoms with Crippen LogP contribution in [0.3, 0.4) is 0 Å². The Morgan fingerprint density at radius 2 is 2.25 bits per heavy atom. The van der Waals surface area contributed by atoms with Crippen LogP contribution in [-0.4, -0.2) is 14.4 Å². The standard InChI is InChI=1S/C11H10N4S/c1-2-9-12-4-6-15(9)10(3-1)14-8-11-13-5-7-16-11/h1-7,14H,8H2. The van der Waals surface area contributed by atoms with E-state index in [2.05, 4.69) is 15.3 Å². The van der Waals surface area contributed by atoms with E-state index in [4.69, 9.17) is 0 Å². The normalized spacial score (nSPS) is 10.8. The fraction of sp³-hybridized carbons (Fsp3) is 0.0909. The van der Waals surface area contributed by atoms with Gasteiger partial charge in [-0.3, -0.25) is 4.40 Å². The first kappa shape index (κ1) is 9.35. The van der Waals surface area contributed by atoms with E-state index in [-0.39, 0.29) is 0 Å². The average Bonchev–Trinajstić information content (AvgIpc) is 2.97. The molecule has 4 nitrogen and oxygen atoms in total. The molecule has 0 aliphatic carbocycles. The van der Waals surface area contributed by atoms with E-state index in [0.29, 0.717) is 0 Å². The van der Waals surface area contributed by atoms with Crippen LogP contribution in [0.25, 0.3) is 5.65 Å². The Morgan fingerprint density at radius 3 is 3.12 bits per heavy atom. The third kappa shape index (κ3) is 1.65. The summed E-state index contributed by atoms with van der Waals surface area (Å²) in [5, 5.41) is 6.41. The molecule has 3 aromatic rings. The highest BCUT2D eigenvalue weighted by molar-refractivity contribution is 7.09. The largest absolute Gasteiger partial charge is 0.365 e. The van der Waals surface area contributed by atoms with Crippen molar-refractivity contribution in [2.45, 2.75) is 6.54 Å². The van der Waals surface area contributed by atoms with Gasteiger partial charge >= 0.3 is 0 Å². The van der Waals surface area contributed by atoms with Gasteiger partial charge in [-0.25, -0.2) is 9.97 Å². The molecule has 0 aromatic carbocycles. The number of thiazole rings is 1. The Morgan fingerprint density at radius 1 is 1.25 bits per heavy atom. The molecule has 0 unspecified atom stereocenters.